The number of piperidine rings is 1. The molecule has 0 bridgehead atoms. The Balaban J connectivity index is 2.23. The second-order valence-corrected chi connectivity index (χ2v) is 5.58. The van der Waals surface area contributed by atoms with Gasteiger partial charge in [0.25, 0.3) is 0 Å². The molecule has 4 heteroatoms. The molecule has 0 saturated carbocycles. The topological polar surface area (TPSA) is 46.1 Å². The van der Waals surface area contributed by atoms with Crippen LogP contribution in [0, 0.1) is 18.8 Å². The summed E-state index contributed by atoms with van der Waals surface area (Å²) in [6, 6.07) is 0. The predicted molar refractivity (Wildman–Crippen MR) is 71.9 cm³/mol. The molecule has 1 aromatic heterocycles. The zero-order chi connectivity index (χ0) is 13.3. The fourth-order valence-corrected chi connectivity index (χ4v) is 2.78. The van der Waals surface area contributed by atoms with Gasteiger partial charge in [-0.25, -0.2) is 9.97 Å². The van der Waals surface area contributed by atoms with Gasteiger partial charge < -0.3 is 4.90 Å². The Hall–Kier alpha value is -1.45. The molecule has 0 radical (unpaired) electrons. The average molecular weight is 247 g/mol. The molecule has 0 N–H and O–H groups in total. The summed E-state index contributed by atoms with van der Waals surface area (Å²) in [5.74, 6) is 2.13. The lowest BCUT2D eigenvalue weighted by Crippen LogP contribution is -2.39. The Morgan fingerprint density at radius 1 is 1.33 bits per heavy atom. The van der Waals surface area contributed by atoms with Crippen LogP contribution in [0.3, 0.4) is 0 Å². The van der Waals surface area contributed by atoms with Crippen LogP contribution in [0.4, 0.5) is 5.95 Å². The molecule has 98 valence electrons. The van der Waals surface area contributed by atoms with Crippen molar-refractivity contribution in [2.24, 2.45) is 11.8 Å². The van der Waals surface area contributed by atoms with E-state index in [2.05, 4.69) is 28.7 Å². The second kappa shape index (κ2) is 5.04. The van der Waals surface area contributed by atoms with Gasteiger partial charge in [0, 0.05) is 19.3 Å². The molecule has 2 atom stereocenters. The van der Waals surface area contributed by atoms with Gasteiger partial charge in [-0.15, -0.1) is 0 Å². The smallest absolute Gasteiger partial charge is 0.225 e. The summed E-state index contributed by atoms with van der Waals surface area (Å²) in [4.78, 5) is 22.4. The minimum atomic E-state index is 0.0273. The van der Waals surface area contributed by atoms with E-state index in [1.165, 1.54) is 6.42 Å². The zero-order valence-electron chi connectivity index (χ0n) is 11.6. The number of Topliss-reactive ketones (excluding diaryl/α,β-unsaturated/α-hetero) is 1. The van der Waals surface area contributed by atoms with Crippen LogP contribution in [0.15, 0.2) is 6.20 Å². The summed E-state index contributed by atoms with van der Waals surface area (Å²) < 4.78 is 0. The molecule has 1 aliphatic heterocycles. The number of rotatable bonds is 2. The third kappa shape index (κ3) is 2.68. The number of carbonyl (C=O) groups is 1. The Kier molecular flexibility index (Phi) is 3.64. The maximum Gasteiger partial charge on any atom is 0.225 e. The molecule has 0 amide bonds. The van der Waals surface area contributed by atoms with Crippen molar-refractivity contribution in [2.75, 3.05) is 18.0 Å². The van der Waals surface area contributed by atoms with Crippen molar-refractivity contribution >= 4 is 11.7 Å². The third-order valence-electron chi connectivity index (χ3n) is 3.50. The fourth-order valence-electron chi connectivity index (χ4n) is 2.78. The highest BCUT2D eigenvalue weighted by Crippen LogP contribution is 2.24. The molecule has 18 heavy (non-hydrogen) atoms. The summed E-state index contributed by atoms with van der Waals surface area (Å²) in [5, 5.41) is 0. The first-order valence-electron chi connectivity index (χ1n) is 6.57. The van der Waals surface area contributed by atoms with E-state index < -0.39 is 0 Å². The van der Waals surface area contributed by atoms with Crippen LogP contribution >= 0.6 is 0 Å². The van der Waals surface area contributed by atoms with Crippen LogP contribution in [0.1, 0.15) is 43.2 Å². The van der Waals surface area contributed by atoms with Crippen molar-refractivity contribution in [3.05, 3.63) is 17.5 Å². The minimum absolute atomic E-state index is 0.0273. The van der Waals surface area contributed by atoms with E-state index in [9.17, 15) is 4.79 Å². The van der Waals surface area contributed by atoms with Gasteiger partial charge in [-0.2, -0.15) is 0 Å². The molecule has 2 rings (SSSR count). The molecule has 1 saturated heterocycles. The Morgan fingerprint density at radius 2 is 1.94 bits per heavy atom. The molecule has 1 aromatic rings. The summed E-state index contributed by atoms with van der Waals surface area (Å²) in [6.07, 6.45) is 2.92. The standard InChI is InChI=1S/C14H21N3O/c1-9-5-10(2)8-17(7-9)14-15-6-13(12(4)18)11(3)16-14/h6,9-10H,5,7-8H2,1-4H3/t9-,10+. The Bertz CT molecular complexity index is 448. The number of hydrogen-bond donors (Lipinski definition) is 0. The molecule has 0 aliphatic carbocycles. The van der Waals surface area contributed by atoms with E-state index in [0.29, 0.717) is 17.4 Å². The van der Waals surface area contributed by atoms with Crippen LogP contribution in [0.5, 0.6) is 0 Å². The molecule has 2 heterocycles. The van der Waals surface area contributed by atoms with E-state index >= 15 is 0 Å². The highest BCUT2D eigenvalue weighted by molar-refractivity contribution is 5.94. The van der Waals surface area contributed by atoms with Gasteiger partial charge in [-0.3, -0.25) is 4.79 Å². The monoisotopic (exact) mass is 247 g/mol. The zero-order valence-corrected chi connectivity index (χ0v) is 11.6. The first-order chi connectivity index (χ1) is 8.47. The van der Waals surface area contributed by atoms with E-state index in [1.54, 1.807) is 13.1 Å². The van der Waals surface area contributed by atoms with Gasteiger partial charge >= 0.3 is 0 Å². The van der Waals surface area contributed by atoms with Crippen LogP contribution in [0.2, 0.25) is 0 Å². The fraction of sp³-hybridized carbons (Fsp3) is 0.643. The highest BCUT2D eigenvalue weighted by Gasteiger charge is 2.24. The van der Waals surface area contributed by atoms with E-state index in [-0.39, 0.29) is 5.78 Å². The number of aromatic nitrogens is 2. The van der Waals surface area contributed by atoms with Crippen LogP contribution in [-0.4, -0.2) is 28.8 Å². The molecular formula is C14H21N3O. The largest absolute Gasteiger partial charge is 0.340 e. The normalized spacial score (nSPS) is 24.1. The number of aryl methyl sites for hydroxylation is 1. The van der Waals surface area contributed by atoms with Crippen LogP contribution in [-0.2, 0) is 0 Å². The summed E-state index contributed by atoms with van der Waals surface area (Å²) in [7, 11) is 0. The predicted octanol–water partition coefficient (Wildman–Crippen LogP) is 2.47. The number of carbonyl (C=O) groups excluding carboxylic acids is 1. The number of nitrogens with zero attached hydrogens (tertiary/aromatic N) is 3. The lowest BCUT2D eigenvalue weighted by molar-refractivity contribution is 0.101. The second-order valence-electron chi connectivity index (χ2n) is 5.58. The maximum absolute atomic E-state index is 11.4. The highest BCUT2D eigenvalue weighted by atomic mass is 16.1. The lowest BCUT2D eigenvalue weighted by atomic mass is 9.92. The molecular weight excluding hydrogens is 226 g/mol. The number of anilines is 1. The van der Waals surface area contributed by atoms with Crippen molar-refractivity contribution < 1.29 is 4.79 Å². The van der Waals surface area contributed by atoms with Gasteiger partial charge in [0.05, 0.1) is 11.3 Å². The SMILES string of the molecule is CC(=O)c1cnc(N2C[C@H](C)C[C@H](C)C2)nc1C. The summed E-state index contributed by atoms with van der Waals surface area (Å²) >= 11 is 0. The summed E-state index contributed by atoms with van der Waals surface area (Å²) in [5.41, 5.74) is 1.40. The number of hydrogen-bond acceptors (Lipinski definition) is 4. The Morgan fingerprint density at radius 3 is 2.44 bits per heavy atom. The minimum Gasteiger partial charge on any atom is -0.340 e. The molecule has 1 fully saturated rings. The van der Waals surface area contributed by atoms with Crippen LogP contribution in [0.25, 0.3) is 0 Å². The third-order valence-corrected chi connectivity index (χ3v) is 3.50. The van der Waals surface area contributed by atoms with Crippen LogP contribution < -0.4 is 4.90 Å². The van der Waals surface area contributed by atoms with Crippen molar-refractivity contribution in [2.45, 2.75) is 34.1 Å². The van der Waals surface area contributed by atoms with Crippen molar-refractivity contribution in [3.8, 4) is 0 Å². The first-order valence-corrected chi connectivity index (χ1v) is 6.57. The van der Waals surface area contributed by atoms with Gasteiger partial charge in [-0.05, 0) is 32.1 Å². The summed E-state index contributed by atoms with van der Waals surface area (Å²) in [6.45, 7) is 9.96. The lowest BCUT2D eigenvalue weighted by Gasteiger charge is -2.35. The molecule has 0 aromatic carbocycles. The maximum atomic E-state index is 11.4. The molecule has 0 unspecified atom stereocenters. The van der Waals surface area contributed by atoms with Gasteiger partial charge in [0.15, 0.2) is 5.78 Å². The van der Waals surface area contributed by atoms with E-state index in [1.807, 2.05) is 6.92 Å². The average Bonchev–Trinajstić information content (AvgIpc) is 2.26. The molecule has 4 nitrogen and oxygen atoms in total. The molecule has 0 spiro atoms. The van der Waals surface area contributed by atoms with Gasteiger partial charge in [0.2, 0.25) is 5.95 Å². The molecule has 1 aliphatic rings. The van der Waals surface area contributed by atoms with Crippen molar-refractivity contribution in [1.82, 2.24) is 9.97 Å². The quantitative estimate of drug-likeness (QED) is 0.753. The van der Waals surface area contributed by atoms with Crippen molar-refractivity contribution in [3.63, 3.8) is 0 Å². The van der Waals surface area contributed by atoms with Gasteiger partial charge in [-0.1, -0.05) is 13.8 Å². The van der Waals surface area contributed by atoms with Crippen molar-refractivity contribution in [1.29, 1.82) is 0 Å². The number of ketones is 1. The Labute approximate surface area is 108 Å². The van der Waals surface area contributed by atoms with E-state index in [0.717, 1.165) is 24.7 Å². The first kappa shape index (κ1) is 13.0. The van der Waals surface area contributed by atoms with E-state index in [4.69, 9.17) is 0 Å². The van der Waals surface area contributed by atoms with Gasteiger partial charge in [0.1, 0.15) is 0 Å².